The second kappa shape index (κ2) is 5.50. The number of nitrogens with one attached hydrogen (secondary N) is 1. The van der Waals surface area contributed by atoms with Crippen LogP contribution < -0.4 is 11.1 Å². The third kappa shape index (κ3) is 3.98. The van der Waals surface area contributed by atoms with Gasteiger partial charge in [-0.1, -0.05) is 19.0 Å². The van der Waals surface area contributed by atoms with E-state index in [4.69, 9.17) is 10.9 Å². The highest BCUT2D eigenvalue weighted by Crippen LogP contribution is 2.32. The zero-order valence-electron chi connectivity index (χ0n) is 10.1. The summed E-state index contributed by atoms with van der Waals surface area (Å²) in [7, 11) is 0. The molecule has 0 aromatic heterocycles. The van der Waals surface area contributed by atoms with Crippen molar-refractivity contribution < 1.29 is 10.3 Å². The number of hydrogen-bond acceptors (Lipinski definition) is 4. The summed E-state index contributed by atoms with van der Waals surface area (Å²) in [6, 6.07) is 0. The number of nitrogens with two attached hydrogens (primary N) is 1. The molecule has 1 rings (SSSR count). The first-order chi connectivity index (χ1) is 7.47. The number of aliphatic hydroxyl groups excluding tert-OH is 1. The predicted molar refractivity (Wildman–Crippen MR) is 63.4 cm³/mol. The minimum absolute atomic E-state index is 0.216. The topological polar surface area (TPSA) is 90.9 Å². The van der Waals surface area contributed by atoms with Gasteiger partial charge in [0.25, 0.3) is 0 Å². The Bertz CT molecular complexity index is 250. The summed E-state index contributed by atoms with van der Waals surface area (Å²) in [5.41, 5.74) is 5.26. The predicted octanol–water partition coefficient (Wildman–Crippen LogP) is 0.510. The lowest BCUT2D eigenvalue weighted by atomic mass is 9.88. The Balaban J connectivity index is 2.14. The average molecular weight is 229 g/mol. The van der Waals surface area contributed by atoms with E-state index >= 15 is 0 Å². The molecule has 1 fully saturated rings. The van der Waals surface area contributed by atoms with Gasteiger partial charge in [-0.15, -0.1) is 0 Å². The van der Waals surface area contributed by atoms with Gasteiger partial charge in [0.15, 0.2) is 0 Å². The Morgan fingerprint density at radius 3 is 2.69 bits per heavy atom. The molecule has 0 heterocycles. The Kier molecular flexibility index (Phi) is 4.56. The van der Waals surface area contributed by atoms with Crippen molar-refractivity contribution in [2.24, 2.45) is 22.2 Å². The maximum absolute atomic E-state index is 9.62. The van der Waals surface area contributed by atoms with Crippen LogP contribution in [0.2, 0.25) is 0 Å². The van der Waals surface area contributed by atoms with E-state index in [1.807, 2.05) is 13.8 Å². The van der Waals surface area contributed by atoms with E-state index in [0.717, 1.165) is 25.8 Å². The van der Waals surface area contributed by atoms with Crippen LogP contribution in [0.25, 0.3) is 0 Å². The van der Waals surface area contributed by atoms with Crippen molar-refractivity contribution in [2.75, 3.05) is 13.1 Å². The Morgan fingerprint density at radius 2 is 2.19 bits per heavy atom. The number of oxime groups is 1. The van der Waals surface area contributed by atoms with Crippen molar-refractivity contribution in [1.29, 1.82) is 0 Å². The molecule has 0 amide bonds. The van der Waals surface area contributed by atoms with Gasteiger partial charge in [0, 0.05) is 12.0 Å². The molecule has 0 saturated heterocycles. The molecule has 5 heteroatoms. The SMILES string of the molecule is CC(C)(CCNCC(O)C1CC1)C(N)=NO. The highest BCUT2D eigenvalue weighted by atomic mass is 16.4. The van der Waals surface area contributed by atoms with Gasteiger partial charge in [0.2, 0.25) is 0 Å². The van der Waals surface area contributed by atoms with Gasteiger partial charge in [-0.3, -0.25) is 0 Å². The molecular weight excluding hydrogens is 206 g/mol. The van der Waals surface area contributed by atoms with Crippen LogP contribution in [0.3, 0.4) is 0 Å². The zero-order valence-corrected chi connectivity index (χ0v) is 10.1. The normalized spacial score (nSPS) is 19.8. The first-order valence-electron chi connectivity index (χ1n) is 5.84. The summed E-state index contributed by atoms with van der Waals surface area (Å²) in [5.74, 6) is 0.752. The molecule has 94 valence electrons. The quantitative estimate of drug-likeness (QED) is 0.168. The summed E-state index contributed by atoms with van der Waals surface area (Å²) < 4.78 is 0. The second-order valence-electron chi connectivity index (χ2n) is 5.23. The molecule has 1 unspecified atom stereocenters. The summed E-state index contributed by atoms with van der Waals surface area (Å²) in [4.78, 5) is 0. The van der Waals surface area contributed by atoms with Crippen LogP contribution in [-0.4, -0.2) is 35.3 Å². The van der Waals surface area contributed by atoms with Gasteiger partial charge >= 0.3 is 0 Å². The highest BCUT2D eigenvalue weighted by Gasteiger charge is 2.29. The van der Waals surface area contributed by atoms with Crippen LogP contribution in [0.15, 0.2) is 5.16 Å². The lowest BCUT2D eigenvalue weighted by Gasteiger charge is -2.23. The van der Waals surface area contributed by atoms with Crippen LogP contribution in [0.5, 0.6) is 0 Å². The molecule has 16 heavy (non-hydrogen) atoms. The zero-order chi connectivity index (χ0) is 12.2. The van der Waals surface area contributed by atoms with Crippen molar-refractivity contribution in [3.05, 3.63) is 0 Å². The molecule has 0 aromatic rings. The summed E-state index contributed by atoms with van der Waals surface area (Å²) in [6.07, 6.45) is 2.86. The third-order valence-corrected chi connectivity index (χ3v) is 3.25. The number of nitrogens with zero attached hydrogens (tertiary/aromatic N) is 1. The largest absolute Gasteiger partial charge is 0.409 e. The van der Waals surface area contributed by atoms with Crippen LogP contribution in [0.1, 0.15) is 33.1 Å². The molecular formula is C11H23N3O2. The van der Waals surface area contributed by atoms with Gasteiger partial charge in [-0.25, -0.2) is 0 Å². The Hall–Kier alpha value is -0.810. The average Bonchev–Trinajstić information content (AvgIpc) is 3.06. The van der Waals surface area contributed by atoms with Gasteiger partial charge < -0.3 is 21.4 Å². The van der Waals surface area contributed by atoms with E-state index in [1.165, 1.54) is 0 Å². The monoisotopic (exact) mass is 229 g/mol. The fourth-order valence-corrected chi connectivity index (χ4v) is 1.56. The molecule has 5 N–H and O–H groups in total. The lowest BCUT2D eigenvalue weighted by Crippen LogP contribution is -2.36. The smallest absolute Gasteiger partial charge is 0.144 e. The third-order valence-electron chi connectivity index (χ3n) is 3.25. The number of hydrogen-bond donors (Lipinski definition) is 4. The standard InChI is InChI=1S/C11H23N3O2/c1-11(2,10(12)14-16)5-6-13-7-9(15)8-3-4-8/h8-9,13,15-16H,3-7H2,1-2H3,(H2,12,14). The van der Waals surface area contributed by atoms with Crippen molar-refractivity contribution in [2.45, 2.75) is 39.2 Å². The molecule has 5 nitrogen and oxygen atoms in total. The maximum atomic E-state index is 9.62. The first kappa shape index (κ1) is 13.3. The molecule has 0 aliphatic heterocycles. The van der Waals surface area contributed by atoms with Crippen molar-refractivity contribution in [3.8, 4) is 0 Å². The second-order valence-corrected chi connectivity index (χ2v) is 5.23. The molecule has 1 saturated carbocycles. The van der Waals surface area contributed by atoms with E-state index in [2.05, 4.69) is 10.5 Å². The van der Waals surface area contributed by atoms with Crippen LogP contribution in [-0.2, 0) is 0 Å². The van der Waals surface area contributed by atoms with Crippen LogP contribution >= 0.6 is 0 Å². The highest BCUT2D eigenvalue weighted by molar-refractivity contribution is 5.85. The van der Waals surface area contributed by atoms with Gasteiger partial charge in [0.05, 0.1) is 6.10 Å². The first-order valence-corrected chi connectivity index (χ1v) is 5.84. The number of rotatable bonds is 7. The summed E-state index contributed by atoms with van der Waals surface area (Å²) in [6.45, 7) is 5.26. The van der Waals surface area contributed by atoms with E-state index < -0.39 is 0 Å². The number of amidine groups is 1. The van der Waals surface area contributed by atoms with Crippen molar-refractivity contribution in [1.82, 2.24) is 5.32 Å². The van der Waals surface area contributed by atoms with Crippen molar-refractivity contribution in [3.63, 3.8) is 0 Å². The summed E-state index contributed by atoms with van der Waals surface area (Å²) in [5, 5.41) is 24.5. The van der Waals surface area contributed by atoms with Gasteiger partial charge in [-0.05, 0) is 31.7 Å². The van der Waals surface area contributed by atoms with E-state index in [-0.39, 0.29) is 17.4 Å². The molecule has 1 atom stereocenters. The molecule has 0 radical (unpaired) electrons. The molecule has 0 bridgehead atoms. The van der Waals surface area contributed by atoms with Crippen molar-refractivity contribution >= 4 is 5.84 Å². The fraction of sp³-hybridized carbons (Fsp3) is 0.909. The Morgan fingerprint density at radius 1 is 1.56 bits per heavy atom. The molecule has 1 aliphatic carbocycles. The minimum atomic E-state index is -0.313. The molecule has 0 spiro atoms. The minimum Gasteiger partial charge on any atom is -0.409 e. The molecule has 0 aromatic carbocycles. The maximum Gasteiger partial charge on any atom is 0.144 e. The van der Waals surface area contributed by atoms with Gasteiger partial charge in [0.1, 0.15) is 5.84 Å². The molecule has 1 aliphatic rings. The lowest BCUT2D eigenvalue weighted by molar-refractivity contribution is 0.148. The summed E-state index contributed by atoms with van der Waals surface area (Å²) >= 11 is 0. The van der Waals surface area contributed by atoms with E-state index in [1.54, 1.807) is 0 Å². The van der Waals surface area contributed by atoms with Crippen LogP contribution in [0, 0.1) is 11.3 Å². The van der Waals surface area contributed by atoms with Gasteiger partial charge in [-0.2, -0.15) is 0 Å². The van der Waals surface area contributed by atoms with E-state index in [0.29, 0.717) is 12.5 Å². The fourth-order valence-electron chi connectivity index (χ4n) is 1.56. The number of aliphatic hydroxyl groups is 1. The Labute approximate surface area is 96.7 Å². The van der Waals surface area contributed by atoms with Crippen LogP contribution in [0.4, 0.5) is 0 Å². The van der Waals surface area contributed by atoms with E-state index in [9.17, 15) is 5.11 Å².